The van der Waals surface area contributed by atoms with E-state index in [0.29, 0.717) is 28.4 Å². The average molecular weight is 413 g/mol. The number of hydrogen-bond donors (Lipinski definition) is 0. The van der Waals surface area contributed by atoms with Crippen molar-refractivity contribution in [3.63, 3.8) is 0 Å². The van der Waals surface area contributed by atoms with E-state index in [0.717, 1.165) is 11.3 Å². The molecule has 0 radical (unpaired) electrons. The normalized spacial score (nSPS) is 14.6. The van der Waals surface area contributed by atoms with Crippen LogP contribution in [0, 0.1) is 0 Å². The zero-order valence-electron chi connectivity index (χ0n) is 13.7. The number of halogens is 2. The van der Waals surface area contributed by atoms with Gasteiger partial charge in [-0.25, -0.2) is 13.4 Å². The van der Waals surface area contributed by atoms with Gasteiger partial charge < -0.3 is 4.42 Å². The maximum atomic E-state index is 12.8. The summed E-state index contributed by atoms with van der Waals surface area (Å²) >= 11 is 1.10. The summed E-state index contributed by atoms with van der Waals surface area (Å²) in [5.41, 5.74) is 0.443. The first-order valence-corrected chi connectivity index (χ1v) is 10.3. The molecule has 0 N–H and O–H groups in total. The molecule has 3 aromatic rings. The largest absolute Gasteiger partial charge is 0.414 e. The number of sulfonamides is 1. The second-order valence-corrected chi connectivity index (χ2v) is 9.08. The molecular weight excluding hydrogens is 400 g/mol. The maximum absolute atomic E-state index is 12.8. The minimum Gasteiger partial charge on any atom is -0.414 e. The average Bonchev–Trinajstić information content (AvgIpc) is 3.23. The van der Waals surface area contributed by atoms with E-state index in [2.05, 4.69) is 20.2 Å². The van der Waals surface area contributed by atoms with Crippen LogP contribution in [0.15, 0.2) is 35.1 Å². The highest BCUT2D eigenvalue weighted by molar-refractivity contribution is 7.93. The minimum atomic E-state index is -3.53. The number of hydrogen-bond acceptors (Lipinski definition) is 8. The molecule has 0 amide bonds. The summed E-state index contributed by atoms with van der Waals surface area (Å²) in [5.74, 6) is -0.847. The number of aromatic nitrogens is 4. The molecular formula is C15H13F2N5O3S2. The predicted octanol–water partition coefficient (Wildman–Crippen LogP) is 3.02. The van der Waals surface area contributed by atoms with Gasteiger partial charge in [0.1, 0.15) is 9.88 Å². The molecule has 0 spiro atoms. The third-order valence-corrected chi connectivity index (χ3v) is 7.10. The van der Waals surface area contributed by atoms with Crippen LogP contribution in [-0.4, -0.2) is 33.8 Å². The van der Waals surface area contributed by atoms with Crippen LogP contribution in [0.25, 0.3) is 10.8 Å². The summed E-state index contributed by atoms with van der Waals surface area (Å²) in [4.78, 5) is 8.56. The van der Waals surface area contributed by atoms with Crippen molar-refractivity contribution < 1.29 is 21.6 Å². The minimum absolute atomic E-state index is 0.00499. The number of alkyl halides is 2. The Bertz CT molecular complexity index is 1030. The van der Waals surface area contributed by atoms with E-state index in [1.165, 1.54) is 16.7 Å². The van der Waals surface area contributed by atoms with Crippen LogP contribution in [-0.2, 0) is 16.6 Å². The summed E-state index contributed by atoms with van der Waals surface area (Å²) in [6.45, 7) is 0.00499. The van der Waals surface area contributed by atoms with Crippen LogP contribution in [0.4, 0.5) is 14.5 Å². The molecule has 12 heteroatoms. The molecule has 4 rings (SSSR count). The van der Waals surface area contributed by atoms with Crippen molar-refractivity contribution in [3.05, 3.63) is 41.6 Å². The first-order chi connectivity index (χ1) is 12.9. The molecule has 27 heavy (non-hydrogen) atoms. The molecule has 1 fully saturated rings. The predicted molar refractivity (Wildman–Crippen MR) is 92.7 cm³/mol. The Hall–Kier alpha value is -2.47. The lowest BCUT2D eigenvalue weighted by Gasteiger charge is -2.23. The third-order valence-electron chi connectivity index (χ3n) is 3.86. The lowest BCUT2D eigenvalue weighted by Crippen LogP contribution is -2.33. The van der Waals surface area contributed by atoms with E-state index < -0.39 is 27.6 Å². The molecule has 8 nitrogen and oxygen atoms in total. The highest BCUT2D eigenvalue weighted by Crippen LogP contribution is 2.35. The van der Waals surface area contributed by atoms with Crippen molar-refractivity contribution in [1.29, 1.82) is 0 Å². The van der Waals surface area contributed by atoms with Gasteiger partial charge in [-0.05, 0) is 25.0 Å². The van der Waals surface area contributed by atoms with Gasteiger partial charge in [-0.1, -0.05) is 0 Å². The van der Waals surface area contributed by atoms with Gasteiger partial charge >= 0.3 is 6.43 Å². The van der Waals surface area contributed by atoms with Crippen molar-refractivity contribution in [1.82, 2.24) is 20.2 Å². The molecule has 3 heterocycles. The Balaban J connectivity index is 1.61. The Morgan fingerprint density at radius 2 is 2.11 bits per heavy atom. The summed E-state index contributed by atoms with van der Waals surface area (Å²) in [5, 5.41) is 6.92. The van der Waals surface area contributed by atoms with Crippen LogP contribution in [0.2, 0.25) is 0 Å². The highest BCUT2D eigenvalue weighted by Gasteiger charge is 2.40. The van der Waals surface area contributed by atoms with Gasteiger partial charge in [0.05, 0.1) is 29.9 Å². The molecule has 1 saturated carbocycles. The molecule has 0 saturated heterocycles. The smallest absolute Gasteiger partial charge is 0.314 e. The van der Waals surface area contributed by atoms with Crippen molar-refractivity contribution in [2.45, 2.75) is 31.1 Å². The van der Waals surface area contributed by atoms with Crippen LogP contribution in [0.5, 0.6) is 0 Å². The lowest BCUT2D eigenvalue weighted by atomic mass is 10.4. The fourth-order valence-corrected chi connectivity index (χ4v) is 5.11. The van der Waals surface area contributed by atoms with Crippen molar-refractivity contribution in [2.75, 3.05) is 4.31 Å². The van der Waals surface area contributed by atoms with Crippen molar-refractivity contribution in [3.8, 4) is 10.8 Å². The summed E-state index contributed by atoms with van der Waals surface area (Å²) in [6.07, 6.45) is 2.82. The Morgan fingerprint density at radius 1 is 1.30 bits per heavy atom. The van der Waals surface area contributed by atoms with Gasteiger partial charge in [-0.15, -0.1) is 21.5 Å². The standard InChI is InChI=1S/C15H13F2N5O3S2/c16-13(17)15-21-20-14(25-15)11-7-19-12(26-11)8-22(9-2-1-5-18-6-9)27(23,24)10-3-4-10/h1-2,5-7,10,13H,3-4,8H2. The van der Waals surface area contributed by atoms with Gasteiger partial charge in [0.15, 0.2) is 0 Å². The van der Waals surface area contributed by atoms with Crippen LogP contribution in [0.3, 0.4) is 0 Å². The van der Waals surface area contributed by atoms with E-state index >= 15 is 0 Å². The van der Waals surface area contributed by atoms with Crippen LogP contribution < -0.4 is 4.31 Å². The third kappa shape index (κ3) is 3.67. The zero-order valence-corrected chi connectivity index (χ0v) is 15.3. The van der Waals surface area contributed by atoms with E-state index in [9.17, 15) is 17.2 Å². The SMILES string of the molecule is O=S(=O)(C1CC1)N(Cc1ncc(-c2nnc(C(F)F)o2)s1)c1cccnc1. The molecule has 0 unspecified atom stereocenters. The molecule has 0 atom stereocenters. The number of pyridine rings is 1. The quantitative estimate of drug-likeness (QED) is 0.587. The number of rotatable bonds is 7. The molecule has 0 aliphatic heterocycles. The van der Waals surface area contributed by atoms with Gasteiger partial charge in [-0.2, -0.15) is 8.78 Å². The fourth-order valence-electron chi connectivity index (χ4n) is 2.40. The monoisotopic (exact) mass is 413 g/mol. The maximum Gasteiger partial charge on any atom is 0.314 e. The van der Waals surface area contributed by atoms with Crippen LogP contribution in [0.1, 0.15) is 30.2 Å². The molecule has 0 aromatic carbocycles. The van der Waals surface area contributed by atoms with E-state index in [-0.39, 0.29) is 12.4 Å². The van der Waals surface area contributed by atoms with Gasteiger partial charge in [0.2, 0.25) is 10.0 Å². The Morgan fingerprint density at radius 3 is 2.74 bits per heavy atom. The summed E-state index contributed by atoms with van der Waals surface area (Å²) < 4.78 is 57.0. The first-order valence-electron chi connectivity index (χ1n) is 7.93. The fraction of sp³-hybridized carbons (Fsp3) is 0.333. The molecule has 3 aromatic heterocycles. The van der Waals surface area contributed by atoms with Gasteiger partial charge in [-0.3, -0.25) is 9.29 Å². The van der Waals surface area contributed by atoms with E-state index in [1.807, 2.05) is 0 Å². The van der Waals surface area contributed by atoms with Gasteiger partial charge in [0.25, 0.3) is 11.8 Å². The number of thiazole rings is 1. The van der Waals surface area contributed by atoms with Crippen molar-refractivity contribution in [2.24, 2.45) is 0 Å². The van der Waals surface area contributed by atoms with Gasteiger partial charge in [0, 0.05) is 6.20 Å². The molecule has 1 aliphatic rings. The second-order valence-electron chi connectivity index (χ2n) is 5.83. The Labute approximate surface area is 156 Å². The number of nitrogens with zero attached hydrogens (tertiary/aromatic N) is 5. The van der Waals surface area contributed by atoms with E-state index in [1.54, 1.807) is 18.3 Å². The number of anilines is 1. The molecule has 142 valence electrons. The highest BCUT2D eigenvalue weighted by atomic mass is 32.2. The lowest BCUT2D eigenvalue weighted by molar-refractivity contribution is 0.116. The zero-order chi connectivity index (χ0) is 19.0. The topological polar surface area (TPSA) is 102 Å². The Kier molecular flexibility index (Phi) is 4.60. The van der Waals surface area contributed by atoms with E-state index in [4.69, 9.17) is 4.42 Å². The first kappa shape index (κ1) is 17.9. The summed E-state index contributed by atoms with van der Waals surface area (Å²) in [6, 6.07) is 3.32. The molecule has 1 aliphatic carbocycles. The van der Waals surface area contributed by atoms with Crippen molar-refractivity contribution >= 4 is 27.0 Å². The summed E-state index contributed by atoms with van der Waals surface area (Å²) in [7, 11) is -3.53. The second kappa shape index (κ2) is 6.93. The van der Waals surface area contributed by atoms with Crippen LogP contribution >= 0.6 is 11.3 Å². The molecule has 0 bridgehead atoms.